The first-order valence-electron chi connectivity index (χ1n) is 15.6. The number of ether oxygens (including phenoxy) is 5. The van der Waals surface area contributed by atoms with E-state index in [1.54, 1.807) is 36.4 Å². The summed E-state index contributed by atoms with van der Waals surface area (Å²) in [4.78, 5) is 40.8. The lowest BCUT2D eigenvalue weighted by atomic mass is 10.2. The Labute approximate surface area is 284 Å². The molecule has 1 fully saturated rings. The molecule has 0 bridgehead atoms. The average Bonchev–Trinajstić information content (AvgIpc) is 3.12. The van der Waals surface area contributed by atoms with Gasteiger partial charge in [0.15, 0.2) is 0 Å². The third-order valence-electron chi connectivity index (χ3n) is 7.84. The molecular formula is C35H39FN6O7. The molecule has 1 N–H and O–H groups in total. The van der Waals surface area contributed by atoms with Gasteiger partial charge in [0.2, 0.25) is 5.95 Å². The van der Waals surface area contributed by atoms with Gasteiger partial charge in [0, 0.05) is 57.1 Å². The van der Waals surface area contributed by atoms with E-state index in [2.05, 4.69) is 32.1 Å². The second-order valence-corrected chi connectivity index (χ2v) is 11.1. The number of anilines is 4. The Morgan fingerprint density at radius 1 is 0.918 bits per heavy atom. The third kappa shape index (κ3) is 8.91. The predicted molar refractivity (Wildman–Crippen MR) is 181 cm³/mol. The zero-order valence-corrected chi connectivity index (χ0v) is 27.8. The van der Waals surface area contributed by atoms with Crippen LogP contribution in [-0.4, -0.2) is 99.5 Å². The fraction of sp³-hybridized carbons (Fsp3) is 0.314. The Morgan fingerprint density at radius 3 is 2.43 bits per heavy atom. The van der Waals surface area contributed by atoms with E-state index in [9.17, 15) is 9.59 Å². The number of carbonyl (C=O) groups excluding carboxylic acids is 2. The minimum Gasteiger partial charge on any atom is -0.497 e. The van der Waals surface area contributed by atoms with Crippen LogP contribution >= 0.6 is 0 Å². The number of carbonyl (C=O) groups is 2. The maximum atomic E-state index is 15.2. The molecule has 0 aliphatic carbocycles. The number of aromatic nitrogens is 2. The van der Waals surface area contributed by atoms with Crippen LogP contribution in [0, 0.1) is 5.82 Å². The minimum atomic E-state index is -0.926. The summed E-state index contributed by atoms with van der Waals surface area (Å²) in [5, 5.41) is 2.87. The lowest BCUT2D eigenvalue weighted by Gasteiger charge is -2.32. The SMILES string of the molecule is COC(=O)c1ccccc1OC(=O)N(c1ccnc(Nc2ccc(OCCCN3CCN(C)CC3)cc2F)n1)c1ccc(OC)cc1OC. The van der Waals surface area contributed by atoms with Gasteiger partial charge >= 0.3 is 12.1 Å². The number of methoxy groups -OCH3 is 3. The quantitative estimate of drug-likeness (QED) is 0.142. The molecule has 1 saturated heterocycles. The van der Waals surface area contributed by atoms with Gasteiger partial charge in [-0.25, -0.2) is 23.9 Å². The lowest BCUT2D eigenvalue weighted by molar-refractivity contribution is 0.0598. The molecule has 0 spiro atoms. The molecule has 13 nitrogen and oxygen atoms in total. The summed E-state index contributed by atoms with van der Waals surface area (Å²) in [6, 6.07) is 16.9. The van der Waals surface area contributed by atoms with Crippen LogP contribution in [0.4, 0.5) is 32.3 Å². The summed E-state index contributed by atoms with van der Waals surface area (Å²) < 4.78 is 42.4. The van der Waals surface area contributed by atoms with Crippen molar-refractivity contribution in [3.63, 3.8) is 0 Å². The van der Waals surface area contributed by atoms with Crippen LogP contribution in [0.2, 0.25) is 0 Å². The van der Waals surface area contributed by atoms with Crippen molar-refractivity contribution < 1.29 is 37.7 Å². The first kappa shape index (κ1) is 34.9. The lowest BCUT2D eigenvalue weighted by Crippen LogP contribution is -2.44. The van der Waals surface area contributed by atoms with Crippen LogP contribution in [0.3, 0.4) is 0 Å². The second-order valence-electron chi connectivity index (χ2n) is 11.1. The number of nitrogens with one attached hydrogen (secondary N) is 1. The van der Waals surface area contributed by atoms with Crippen LogP contribution in [0.25, 0.3) is 0 Å². The first-order valence-corrected chi connectivity index (χ1v) is 15.6. The van der Waals surface area contributed by atoms with Gasteiger partial charge in [0.25, 0.3) is 0 Å². The van der Waals surface area contributed by atoms with Crippen LogP contribution in [0.15, 0.2) is 72.9 Å². The molecular weight excluding hydrogens is 635 g/mol. The van der Waals surface area contributed by atoms with E-state index in [-0.39, 0.29) is 40.2 Å². The summed E-state index contributed by atoms with van der Waals surface area (Å²) in [5.41, 5.74) is 0.391. The highest BCUT2D eigenvalue weighted by atomic mass is 19.1. The van der Waals surface area contributed by atoms with Crippen molar-refractivity contribution in [2.45, 2.75) is 6.42 Å². The summed E-state index contributed by atoms with van der Waals surface area (Å²) in [6.07, 6.45) is 1.31. The maximum Gasteiger partial charge on any atom is 0.425 e. The normalized spacial score (nSPS) is 13.3. The molecule has 49 heavy (non-hydrogen) atoms. The first-order chi connectivity index (χ1) is 23.8. The molecule has 14 heteroatoms. The molecule has 0 saturated carbocycles. The van der Waals surface area contributed by atoms with E-state index in [0.29, 0.717) is 18.1 Å². The Morgan fingerprint density at radius 2 is 1.69 bits per heavy atom. The van der Waals surface area contributed by atoms with Crippen LogP contribution in [0.5, 0.6) is 23.0 Å². The molecule has 0 radical (unpaired) electrons. The van der Waals surface area contributed by atoms with Gasteiger partial charge in [-0.05, 0) is 49.9 Å². The summed E-state index contributed by atoms with van der Waals surface area (Å²) in [6.45, 7) is 5.56. The highest BCUT2D eigenvalue weighted by Gasteiger charge is 2.27. The fourth-order valence-corrected chi connectivity index (χ4v) is 5.15. The van der Waals surface area contributed by atoms with Gasteiger partial charge in [-0.1, -0.05) is 12.1 Å². The Balaban J connectivity index is 1.35. The Kier molecular flexibility index (Phi) is 11.8. The van der Waals surface area contributed by atoms with E-state index in [0.717, 1.165) is 44.0 Å². The number of para-hydroxylation sites is 1. The highest BCUT2D eigenvalue weighted by molar-refractivity contribution is 6.00. The number of esters is 1. The molecule has 1 aliphatic rings. The molecule has 4 aromatic rings. The fourth-order valence-electron chi connectivity index (χ4n) is 5.15. The number of benzene rings is 3. The smallest absolute Gasteiger partial charge is 0.425 e. The monoisotopic (exact) mass is 674 g/mol. The number of hydrogen-bond donors (Lipinski definition) is 1. The number of halogens is 1. The van der Waals surface area contributed by atoms with Crippen molar-refractivity contribution in [2.24, 2.45) is 0 Å². The summed E-state index contributed by atoms with van der Waals surface area (Å²) >= 11 is 0. The number of amides is 1. The van der Waals surface area contributed by atoms with Gasteiger partial charge in [-0.2, -0.15) is 4.98 Å². The second kappa shape index (κ2) is 16.6. The van der Waals surface area contributed by atoms with Crippen LogP contribution in [-0.2, 0) is 4.74 Å². The predicted octanol–water partition coefficient (Wildman–Crippen LogP) is 5.52. The van der Waals surface area contributed by atoms with Gasteiger partial charge in [-0.15, -0.1) is 0 Å². The number of nitrogens with zero attached hydrogens (tertiary/aromatic N) is 5. The molecule has 2 heterocycles. The van der Waals surface area contributed by atoms with Crippen molar-refractivity contribution in [3.05, 3.63) is 84.3 Å². The minimum absolute atomic E-state index is 0.00233. The van der Waals surface area contributed by atoms with E-state index in [1.165, 1.54) is 57.9 Å². The summed E-state index contributed by atoms with van der Waals surface area (Å²) in [7, 11) is 6.29. The van der Waals surface area contributed by atoms with Gasteiger partial charge in [0.05, 0.1) is 39.3 Å². The molecule has 0 unspecified atom stereocenters. The number of likely N-dealkylation sites (N-methyl/N-ethyl adjacent to an activating group) is 1. The van der Waals surface area contributed by atoms with Gasteiger partial charge in [-0.3, -0.25) is 0 Å². The van der Waals surface area contributed by atoms with Crippen molar-refractivity contribution in [3.8, 4) is 23.0 Å². The average molecular weight is 675 g/mol. The largest absolute Gasteiger partial charge is 0.497 e. The molecule has 258 valence electrons. The topological polar surface area (TPSA) is 128 Å². The Bertz CT molecular complexity index is 1750. The van der Waals surface area contributed by atoms with Crippen molar-refractivity contribution in [2.75, 3.05) is 77.9 Å². The molecule has 1 aromatic heterocycles. The van der Waals surface area contributed by atoms with Gasteiger partial charge < -0.3 is 38.8 Å². The number of hydrogen-bond acceptors (Lipinski definition) is 12. The Hall–Kier alpha value is -5.47. The molecule has 1 amide bonds. The van der Waals surface area contributed by atoms with Crippen molar-refractivity contribution >= 4 is 35.2 Å². The maximum absolute atomic E-state index is 15.2. The zero-order valence-electron chi connectivity index (χ0n) is 27.8. The van der Waals surface area contributed by atoms with E-state index < -0.39 is 17.9 Å². The van der Waals surface area contributed by atoms with Crippen molar-refractivity contribution in [1.82, 2.24) is 19.8 Å². The van der Waals surface area contributed by atoms with E-state index in [4.69, 9.17) is 23.7 Å². The highest BCUT2D eigenvalue weighted by Crippen LogP contribution is 2.37. The van der Waals surface area contributed by atoms with Crippen molar-refractivity contribution in [1.29, 1.82) is 0 Å². The molecule has 5 rings (SSSR count). The number of piperazine rings is 1. The van der Waals surface area contributed by atoms with Crippen LogP contribution < -0.4 is 29.2 Å². The molecule has 3 aromatic carbocycles. The zero-order chi connectivity index (χ0) is 34.8. The van der Waals surface area contributed by atoms with E-state index >= 15 is 4.39 Å². The summed E-state index contributed by atoms with van der Waals surface area (Å²) in [5.74, 6) is -0.0899. The van der Waals surface area contributed by atoms with Gasteiger partial charge in [0.1, 0.15) is 40.2 Å². The van der Waals surface area contributed by atoms with E-state index in [1.807, 2.05) is 0 Å². The standard InChI is InChI=1S/C35H39FN6O7/c1-40-17-19-41(20-18-40)16-7-21-48-25-10-12-28(27(36)22-25)38-34-37-15-14-32(39-34)42(29-13-11-24(45-2)23-31(29)46-3)35(44)49-30-9-6-5-8-26(30)33(43)47-4/h5-6,8-15,22-23H,7,16-21H2,1-4H3,(H,37,38,39). The van der Waals surface area contributed by atoms with Crippen LogP contribution in [0.1, 0.15) is 16.8 Å². The molecule has 0 atom stereocenters. The third-order valence-corrected chi connectivity index (χ3v) is 7.84. The molecule has 1 aliphatic heterocycles. The number of rotatable bonds is 13.